The maximum Gasteiger partial charge on any atom is 0.169 e. The number of hydrogen-bond donors (Lipinski definition) is 1. The second-order valence-corrected chi connectivity index (χ2v) is 4.61. The van der Waals surface area contributed by atoms with E-state index in [1.54, 1.807) is 0 Å². The fraction of sp³-hybridized carbons (Fsp3) is 0.769. The van der Waals surface area contributed by atoms with Crippen molar-refractivity contribution >= 4 is 5.78 Å². The van der Waals surface area contributed by atoms with Gasteiger partial charge in [-0.05, 0) is 6.42 Å². The van der Waals surface area contributed by atoms with Gasteiger partial charge < -0.3 is 14.6 Å². The van der Waals surface area contributed by atoms with E-state index in [1.165, 1.54) is 0 Å². The van der Waals surface area contributed by atoms with Gasteiger partial charge in [0.15, 0.2) is 12.1 Å². The molecule has 0 amide bonds. The van der Waals surface area contributed by atoms with Crippen LogP contribution in [0, 0.1) is 5.92 Å². The third-order valence-electron chi connectivity index (χ3n) is 2.76. The number of aliphatic hydroxyl groups excluding tert-OH is 1. The van der Waals surface area contributed by atoms with Crippen molar-refractivity contribution in [1.82, 2.24) is 0 Å². The Morgan fingerprint density at radius 2 is 2.29 bits per heavy atom. The average molecular weight is 242 g/mol. The topological polar surface area (TPSA) is 55.8 Å². The monoisotopic (exact) mass is 242 g/mol. The number of allylic oxidation sites excluding steroid dienone is 1. The molecule has 1 aliphatic rings. The number of ketones is 1. The second-order valence-electron chi connectivity index (χ2n) is 4.61. The van der Waals surface area contributed by atoms with Gasteiger partial charge in [-0.15, -0.1) is 0 Å². The molecule has 0 spiro atoms. The van der Waals surface area contributed by atoms with E-state index in [0.29, 0.717) is 12.2 Å². The van der Waals surface area contributed by atoms with Gasteiger partial charge in [0, 0.05) is 12.5 Å². The largest absolute Gasteiger partial charge is 0.512 e. The molecule has 1 unspecified atom stereocenters. The minimum Gasteiger partial charge on any atom is -0.512 e. The number of rotatable bonds is 5. The third-order valence-corrected chi connectivity index (χ3v) is 2.76. The molecule has 0 aliphatic carbocycles. The summed E-state index contributed by atoms with van der Waals surface area (Å²) in [5, 5.41) is 9.76. The molecule has 0 radical (unpaired) electrons. The Labute approximate surface area is 103 Å². The van der Waals surface area contributed by atoms with Gasteiger partial charge in [-0.3, -0.25) is 4.79 Å². The van der Waals surface area contributed by atoms with Crippen molar-refractivity contribution < 1.29 is 19.4 Å². The van der Waals surface area contributed by atoms with Crippen LogP contribution in [0.3, 0.4) is 0 Å². The molecule has 1 aliphatic heterocycles. The highest BCUT2D eigenvalue weighted by atomic mass is 16.7. The lowest BCUT2D eigenvalue weighted by Crippen LogP contribution is -2.31. The number of hydrogen-bond acceptors (Lipinski definition) is 4. The van der Waals surface area contributed by atoms with Crippen LogP contribution in [0.1, 0.15) is 40.0 Å². The normalized spacial score (nSPS) is 24.2. The van der Waals surface area contributed by atoms with Crippen molar-refractivity contribution in [1.29, 1.82) is 0 Å². The van der Waals surface area contributed by atoms with Gasteiger partial charge in [-0.1, -0.05) is 27.2 Å². The molecule has 98 valence electrons. The molecule has 0 aromatic carbocycles. The minimum absolute atomic E-state index is 0.0462. The Hall–Kier alpha value is -0.870. The predicted molar refractivity (Wildman–Crippen MR) is 64.7 cm³/mol. The average Bonchev–Trinajstić information content (AvgIpc) is 2.28. The zero-order chi connectivity index (χ0) is 12.8. The van der Waals surface area contributed by atoms with Crippen LogP contribution in [0.15, 0.2) is 11.3 Å². The molecule has 1 saturated heterocycles. The Kier molecular flexibility index (Phi) is 5.65. The summed E-state index contributed by atoms with van der Waals surface area (Å²) >= 11 is 0. The van der Waals surface area contributed by atoms with E-state index in [1.807, 2.05) is 13.8 Å². The van der Waals surface area contributed by atoms with Gasteiger partial charge in [-0.25, -0.2) is 0 Å². The molecule has 1 rings (SSSR count). The summed E-state index contributed by atoms with van der Waals surface area (Å²) in [6.45, 7) is 6.54. The summed E-state index contributed by atoms with van der Waals surface area (Å²) in [7, 11) is 0. The smallest absolute Gasteiger partial charge is 0.169 e. The van der Waals surface area contributed by atoms with E-state index in [2.05, 4.69) is 6.92 Å². The number of unbranched alkanes of at least 4 members (excludes halogenated alkanes) is 1. The van der Waals surface area contributed by atoms with E-state index in [0.717, 1.165) is 12.8 Å². The lowest BCUT2D eigenvalue weighted by molar-refractivity contribution is -0.162. The highest BCUT2D eigenvalue weighted by Gasteiger charge is 2.28. The van der Waals surface area contributed by atoms with Crippen LogP contribution in [-0.2, 0) is 14.3 Å². The standard InChI is InChI=1S/C13H22O4/c1-4-5-6-16-12-7-11(14)10(8-17-12)13(15)9(2)3/h9,12,15H,4-8H2,1-3H3/b13-10-. The highest BCUT2D eigenvalue weighted by molar-refractivity contribution is 5.96. The van der Waals surface area contributed by atoms with E-state index < -0.39 is 6.29 Å². The first-order valence-electron chi connectivity index (χ1n) is 6.24. The number of carbonyl (C=O) groups is 1. The molecule has 17 heavy (non-hydrogen) atoms. The predicted octanol–water partition coefficient (Wildman–Crippen LogP) is 2.59. The summed E-state index contributed by atoms with van der Waals surface area (Å²) in [4.78, 5) is 11.8. The lowest BCUT2D eigenvalue weighted by atomic mass is 10.00. The molecule has 1 heterocycles. The molecule has 1 atom stereocenters. The first-order valence-corrected chi connectivity index (χ1v) is 6.24. The molecule has 4 heteroatoms. The Morgan fingerprint density at radius 1 is 1.59 bits per heavy atom. The summed E-state index contributed by atoms with van der Waals surface area (Å²) in [6, 6.07) is 0. The Morgan fingerprint density at radius 3 is 2.82 bits per heavy atom. The fourth-order valence-electron chi connectivity index (χ4n) is 1.62. The van der Waals surface area contributed by atoms with E-state index in [-0.39, 0.29) is 30.5 Å². The van der Waals surface area contributed by atoms with Crippen molar-refractivity contribution in [3.8, 4) is 0 Å². The Bertz CT molecular complexity index is 294. The SMILES string of the molecule is CCCCOC1CC(=O)/C(=C(\O)C(C)C)CO1. The quantitative estimate of drug-likeness (QED) is 0.457. The minimum atomic E-state index is -0.447. The van der Waals surface area contributed by atoms with Crippen LogP contribution in [0.2, 0.25) is 0 Å². The van der Waals surface area contributed by atoms with Crippen molar-refractivity contribution in [3.05, 3.63) is 11.3 Å². The molecule has 0 saturated carbocycles. The molecule has 1 fully saturated rings. The number of aliphatic hydroxyl groups is 1. The van der Waals surface area contributed by atoms with Gasteiger partial charge in [0.1, 0.15) is 5.76 Å². The second kappa shape index (κ2) is 6.77. The summed E-state index contributed by atoms with van der Waals surface area (Å²) in [6.07, 6.45) is 1.78. The van der Waals surface area contributed by atoms with Crippen LogP contribution in [0.4, 0.5) is 0 Å². The summed E-state index contributed by atoms with van der Waals surface area (Å²) in [5.41, 5.74) is 0.398. The first kappa shape index (κ1) is 14.2. The van der Waals surface area contributed by atoms with Crippen LogP contribution in [-0.4, -0.2) is 30.4 Å². The molecule has 4 nitrogen and oxygen atoms in total. The van der Waals surface area contributed by atoms with Crippen LogP contribution >= 0.6 is 0 Å². The summed E-state index contributed by atoms with van der Waals surface area (Å²) in [5.74, 6) is 0.0288. The van der Waals surface area contributed by atoms with Crippen molar-refractivity contribution in [3.63, 3.8) is 0 Å². The van der Waals surface area contributed by atoms with Gasteiger partial charge in [0.25, 0.3) is 0 Å². The number of ether oxygens (including phenoxy) is 2. The molecule has 0 aromatic heterocycles. The van der Waals surface area contributed by atoms with Crippen molar-refractivity contribution in [2.24, 2.45) is 5.92 Å². The Balaban J connectivity index is 2.50. The lowest BCUT2D eigenvalue weighted by Gasteiger charge is -2.25. The van der Waals surface area contributed by atoms with Crippen LogP contribution < -0.4 is 0 Å². The van der Waals surface area contributed by atoms with Crippen LogP contribution in [0.5, 0.6) is 0 Å². The van der Waals surface area contributed by atoms with Gasteiger partial charge >= 0.3 is 0 Å². The molecule has 0 aromatic rings. The zero-order valence-electron chi connectivity index (χ0n) is 10.9. The van der Waals surface area contributed by atoms with Crippen LogP contribution in [0.25, 0.3) is 0 Å². The zero-order valence-corrected chi connectivity index (χ0v) is 10.9. The molecule has 1 N–H and O–H groups in total. The maximum atomic E-state index is 11.8. The van der Waals surface area contributed by atoms with Crippen molar-refractivity contribution in [2.45, 2.75) is 46.3 Å². The molecule has 0 bridgehead atoms. The number of Topliss-reactive ketones (excluding diaryl/α,β-unsaturated/α-hetero) is 1. The van der Waals surface area contributed by atoms with Gasteiger partial charge in [0.2, 0.25) is 0 Å². The summed E-state index contributed by atoms with van der Waals surface area (Å²) < 4.78 is 10.9. The third kappa shape index (κ3) is 4.13. The number of carbonyl (C=O) groups excluding carboxylic acids is 1. The van der Waals surface area contributed by atoms with Crippen molar-refractivity contribution in [2.75, 3.05) is 13.2 Å². The first-order chi connectivity index (χ1) is 8.06. The van der Waals surface area contributed by atoms with Gasteiger partial charge in [-0.2, -0.15) is 0 Å². The van der Waals surface area contributed by atoms with E-state index >= 15 is 0 Å². The molecular formula is C13H22O4. The maximum absolute atomic E-state index is 11.8. The fourth-order valence-corrected chi connectivity index (χ4v) is 1.62. The van der Waals surface area contributed by atoms with Gasteiger partial charge in [0.05, 0.1) is 18.6 Å². The highest BCUT2D eigenvalue weighted by Crippen LogP contribution is 2.21. The van der Waals surface area contributed by atoms with E-state index in [9.17, 15) is 9.90 Å². The molecular weight excluding hydrogens is 220 g/mol. The van der Waals surface area contributed by atoms with E-state index in [4.69, 9.17) is 9.47 Å².